The van der Waals surface area contributed by atoms with Gasteiger partial charge in [-0.25, -0.2) is 24.4 Å². The molecule has 3 N–H and O–H groups in total. The van der Waals surface area contributed by atoms with E-state index in [1.54, 1.807) is 64.3 Å². The lowest BCUT2D eigenvalue weighted by atomic mass is 9.86. The van der Waals surface area contributed by atoms with Gasteiger partial charge in [0, 0.05) is 52.2 Å². The Morgan fingerprint density at radius 2 is 1.21 bits per heavy atom. The first kappa shape index (κ1) is 46.4. The summed E-state index contributed by atoms with van der Waals surface area (Å²) in [5, 5.41) is 33.4. The van der Waals surface area contributed by atoms with Gasteiger partial charge in [-0.15, -0.1) is 0 Å². The highest BCUT2D eigenvalue weighted by Crippen LogP contribution is 2.43. The molecule has 2 fully saturated rings. The third-order valence-corrected chi connectivity index (χ3v) is 16.7. The van der Waals surface area contributed by atoms with Gasteiger partial charge >= 0.3 is 18.0 Å². The van der Waals surface area contributed by atoms with Crippen molar-refractivity contribution < 1.29 is 43.9 Å². The van der Waals surface area contributed by atoms with Gasteiger partial charge in [0.25, 0.3) is 11.1 Å². The number of pyridine rings is 4. The van der Waals surface area contributed by atoms with Gasteiger partial charge in [-0.3, -0.25) is 9.59 Å². The van der Waals surface area contributed by atoms with E-state index in [9.17, 15) is 39.3 Å². The Bertz CT molecular complexity index is 3380. The number of benzene rings is 2. The summed E-state index contributed by atoms with van der Waals surface area (Å²) in [6.07, 6.45) is 5.60. The third kappa shape index (κ3) is 7.28. The number of rotatable bonds is 4. The molecule has 362 valence electrons. The number of aromatic nitrogens is 4. The van der Waals surface area contributed by atoms with E-state index in [0.717, 1.165) is 47.8 Å². The molecule has 2 atom stereocenters. The largest absolute Gasteiger partial charge is 0.507 e. The summed E-state index contributed by atoms with van der Waals surface area (Å²) in [6.45, 7) is 7.33. The highest BCUT2D eigenvalue weighted by Gasteiger charge is 2.47. The first-order chi connectivity index (χ1) is 33.6. The van der Waals surface area contributed by atoms with Crippen molar-refractivity contribution in [3.63, 3.8) is 0 Å². The molecule has 12 rings (SSSR count). The lowest BCUT2D eigenvalue weighted by Gasteiger charge is -2.39. The van der Waals surface area contributed by atoms with Crippen LogP contribution in [0.2, 0.25) is 0 Å². The number of carbonyl (C=O) groups is 3. The lowest BCUT2D eigenvalue weighted by Crippen LogP contribution is -2.48. The van der Waals surface area contributed by atoms with E-state index in [4.69, 9.17) is 19.2 Å². The molecule has 0 aliphatic carbocycles. The predicted octanol–water partition coefficient (Wildman–Crippen LogP) is 6.84. The number of aliphatic hydroxyl groups is 2. The Morgan fingerprint density at radius 1 is 0.714 bits per heavy atom. The fourth-order valence-electron chi connectivity index (χ4n) is 10.9. The molecule has 0 bridgehead atoms. The molecular weight excluding hydrogens is 1030 g/mol. The molecule has 6 aliphatic rings. The molecule has 2 saturated heterocycles. The van der Waals surface area contributed by atoms with Crippen LogP contribution < -0.4 is 15.9 Å². The van der Waals surface area contributed by atoms with E-state index in [0.29, 0.717) is 91.9 Å². The number of phenolic OH excluding ortho intramolecular Hbond substituents is 1. The molecule has 70 heavy (non-hydrogen) atoms. The number of piperidine rings is 2. The fraction of sp³-hybridized carbons (Fsp3) is 0.392. The number of ether oxygens (including phenoxy) is 3. The minimum absolute atomic E-state index is 0.0879. The van der Waals surface area contributed by atoms with E-state index in [1.807, 2.05) is 12.1 Å². The zero-order valence-electron chi connectivity index (χ0n) is 38.3. The number of esters is 2. The van der Waals surface area contributed by atoms with Crippen molar-refractivity contribution >= 4 is 71.7 Å². The highest BCUT2D eigenvalue weighted by molar-refractivity contribution is 9.11. The Hall–Kier alpha value is -5.99. The highest BCUT2D eigenvalue weighted by atomic mass is 79.9. The molecule has 10 heterocycles. The summed E-state index contributed by atoms with van der Waals surface area (Å²) in [6, 6.07) is 14.5. The van der Waals surface area contributed by atoms with E-state index in [1.165, 1.54) is 19.3 Å². The third-order valence-electron chi connectivity index (χ3n) is 15.0. The first-order valence-corrected chi connectivity index (χ1v) is 25.2. The Morgan fingerprint density at radius 3 is 1.73 bits per heavy atom. The zero-order valence-corrected chi connectivity index (χ0v) is 41.5. The number of likely N-dealkylation sites (tertiary alicyclic amines) is 2. The van der Waals surface area contributed by atoms with Crippen molar-refractivity contribution in [2.45, 2.75) is 102 Å². The van der Waals surface area contributed by atoms with Crippen molar-refractivity contribution in [1.82, 2.24) is 28.9 Å². The molecule has 1 amide bonds. The number of carbonyl (C=O) groups excluding carboxylic acids is 3. The van der Waals surface area contributed by atoms with Crippen LogP contribution in [0.5, 0.6) is 11.5 Å². The number of phenols is 1. The van der Waals surface area contributed by atoms with Gasteiger partial charge in [-0.05, 0) is 132 Å². The van der Waals surface area contributed by atoms with Crippen molar-refractivity contribution in [3.05, 3.63) is 112 Å². The number of aromatic hydroxyl groups is 1. The molecule has 0 unspecified atom stereocenters. The molecule has 0 saturated carbocycles. The molecule has 6 aromatic rings. The molecule has 6 aliphatic heterocycles. The van der Waals surface area contributed by atoms with Crippen molar-refractivity contribution in [2.75, 3.05) is 26.2 Å². The minimum atomic E-state index is -1.87. The number of fused-ring (bicyclic) bond motifs is 10. The maximum atomic E-state index is 13.4. The molecule has 4 aromatic heterocycles. The van der Waals surface area contributed by atoms with Crippen LogP contribution in [-0.2, 0) is 56.6 Å². The average Bonchev–Trinajstić information content (AvgIpc) is 3.93. The van der Waals surface area contributed by atoms with Gasteiger partial charge in [-0.1, -0.05) is 20.3 Å². The van der Waals surface area contributed by atoms with E-state index >= 15 is 0 Å². The van der Waals surface area contributed by atoms with Gasteiger partial charge in [0.15, 0.2) is 11.2 Å². The minimum Gasteiger partial charge on any atom is -0.507 e. The van der Waals surface area contributed by atoms with Gasteiger partial charge in [0.05, 0.1) is 67.0 Å². The Labute approximate surface area is 416 Å². The monoisotopic (exact) mass is 1080 g/mol. The van der Waals surface area contributed by atoms with E-state index in [2.05, 4.69) is 41.7 Å². The Balaban J connectivity index is 0.000000165. The number of hydrogen-bond acceptors (Lipinski definition) is 14. The van der Waals surface area contributed by atoms with Gasteiger partial charge in [0.2, 0.25) is 0 Å². The normalized spacial score (nSPS) is 21.4. The first-order valence-electron chi connectivity index (χ1n) is 23.6. The maximum absolute atomic E-state index is 13.4. The van der Waals surface area contributed by atoms with Crippen LogP contribution in [0, 0.1) is 0 Å². The van der Waals surface area contributed by atoms with Crippen LogP contribution in [0.15, 0.2) is 67.1 Å². The Kier molecular flexibility index (Phi) is 11.5. The fourth-order valence-corrected chi connectivity index (χ4v) is 11.9. The number of cyclic esters (lactones) is 2. The smallest absolute Gasteiger partial charge is 0.415 e. The van der Waals surface area contributed by atoms with Crippen LogP contribution in [0.1, 0.15) is 92.2 Å². The number of hydrogen-bond donors (Lipinski definition) is 3. The van der Waals surface area contributed by atoms with Crippen LogP contribution in [-0.4, -0.2) is 94.5 Å². The molecular formula is C51H48Br2N6O11. The van der Waals surface area contributed by atoms with Crippen LogP contribution >= 0.6 is 31.9 Å². The van der Waals surface area contributed by atoms with Crippen LogP contribution in [0.3, 0.4) is 0 Å². The zero-order chi connectivity index (χ0) is 49.0. The van der Waals surface area contributed by atoms with E-state index < -0.39 is 23.1 Å². The second-order valence-electron chi connectivity index (χ2n) is 18.8. The van der Waals surface area contributed by atoms with Crippen LogP contribution in [0.4, 0.5) is 4.79 Å². The summed E-state index contributed by atoms with van der Waals surface area (Å²) in [4.78, 5) is 78.1. The summed E-state index contributed by atoms with van der Waals surface area (Å²) in [7, 11) is 0. The van der Waals surface area contributed by atoms with Crippen molar-refractivity contribution in [1.29, 1.82) is 0 Å². The molecule has 19 heteroatoms. The maximum Gasteiger partial charge on any atom is 0.415 e. The van der Waals surface area contributed by atoms with E-state index in [-0.39, 0.29) is 60.1 Å². The number of amides is 1. The molecule has 2 aromatic carbocycles. The SMILES string of the molecule is CC[C@@]1(O)C(=O)OCc2c1cc1n(c2=O)Cc2cc3c(Br)c(O)ccc3nc2-1.CC[C@@]1(O)C(=O)OCc2c1cc1n(c2=O)Cc2cc3c(Br)c(OC(=O)N4CCC(N5CCCCC5)CC4)ccc3nc2-1. The number of halogens is 2. The summed E-state index contributed by atoms with van der Waals surface area (Å²) in [5.74, 6) is -0.958. The standard InChI is InChI=1S/C31H33BrN4O6.C20H15BrN2O5/c1-2-31(40)22-15-24-27-18(16-36(24)28(37)21(22)17-41-29(31)38)14-20-23(33-27)6-7-25(26(20)32)42-30(39)35-12-8-19(9-13-35)34-10-4-3-5-11-34;1-2-20(27)12-6-14-17-9(5-10-13(22-17)3-4-15(24)16(10)21)7-23(14)18(25)11(12)8-28-19(20)26/h6-7,14-15,19,40H,2-5,8-13,16-17H2,1H3;3-6,24,27H,2,7-8H2,1H3/t31-;20-/m00/s1. The van der Waals surface area contributed by atoms with Gasteiger partial charge < -0.3 is 48.5 Å². The second kappa shape index (κ2) is 17.4. The van der Waals surface area contributed by atoms with Crippen molar-refractivity contribution in [2.24, 2.45) is 0 Å². The molecule has 0 spiro atoms. The summed E-state index contributed by atoms with van der Waals surface area (Å²) in [5.41, 5.74) is 2.18. The van der Waals surface area contributed by atoms with Gasteiger partial charge in [0.1, 0.15) is 24.7 Å². The molecule has 0 radical (unpaired) electrons. The summed E-state index contributed by atoms with van der Waals surface area (Å²) >= 11 is 7.02. The quantitative estimate of drug-likeness (QED) is 0.154. The average molecular weight is 1080 g/mol. The lowest BCUT2D eigenvalue weighted by molar-refractivity contribution is -0.172. The topological polar surface area (TPSA) is 216 Å². The molecule has 17 nitrogen and oxygen atoms in total. The summed E-state index contributed by atoms with van der Waals surface area (Å²) < 4.78 is 20.4. The van der Waals surface area contributed by atoms with Crippen molar-refractivity contribution in [3.8, 4) is 34.3 Å². The number of nitrogens with zero attached hydrogens (tertiary/aromatic N) is 6. The second-order valence-corrected chi connectivity index (χ2v) is 20.4. The van der Waals surface area contributed by atoms with Crippen LogP contribution in [0.25, 0.3) is 44.6 Å². The predicted molar refractivity (Wildman–Crippen MR) is 262 cm³/mol. The van der Waals surface area contributed by atoms with Gasteiger partial charge in [-0.2, -0.15) is 0 Å².